The average Bonchev–Trinajstić information content (AvgIpc) is 3.13. The molecule has 0 saturated heterocycles. The number of benzene rings is 2. The van der Waals surface area contributed by atoms with Crippen LogP contribution < -0.4 is 4.90 Å². The van der Waals surface area contributed by atoms with E-state index in [4.69, 9.17) is 4.74 Å². The summed E-state index contributed by atoms with van der Waals surface area (Å²) in [6, 6.07) is 14.1. The van der Waals surface area contributed by atoms with Gasteiger partial charge in [-0.25, -0.2) is 0 Å². The number of amides is 1. The van der Waals surface area contributed by atoms with Gasteiger partial charge >= 0.3 is 5.97 Å². The smallest absolute Gasteiger partial charge is 0.310 e. The molecule has 1 amide bonds. The number of carbonyl (C=O) groups excluding carboxylic acids is 2. The van der Waals surface area contributed by atoms with Crippen molar-refractivity contribution in [2.45, 2.75) is 38.5 Å². The first-order valence-corrected chi connectivity index (χ1v) is 9.35. The van der Waals surface area contributed by atoms with Gasteiger partial charge in [0.05, 0.1) is 6.42 Å². The fourth-order valence-corrected chi connectivity index (χ4v) is 3.97. The topological polar surface area (TPSA) is 46.6 Å². The molecule has 0 atom stereocenters. The van der Waals surface area contributed by atoms with Crippen molar-refractivity contribution in [2.24, 2.45) is 0 Å². The van der Waals surface area contributed by atoms with E-state index in [-0.39, 0.29) is 24.9 Å². The average molecular weight is 349 g/mol. The minimum atomic E-state index is -0.346. The molecule has 0 saturated carbocycles. The Morgan fingerprint density at radius 2 is 1.73 bits per heavy atom. The zero-order chi connectivity index (χ0) is 17.9. The van der Waals surface area contributed by atoms with E-state index in [2.05, 4.69) is 18.2 Å². The van der Waals surface area contributed by atoms with Gasteiger partial charge < -0.3 is 9.64 Å². The van der Waals surface area contributed by atoms with Crippen LogP contribution in [0.2, 0.25) is 0 Å². The van der Waals surface area contributed by atoms with E-state index in [1.807, 2.05) is 24.3 Å². The summed E-state index contributed by atoms with van der Waals surface area (Å²) in [5.74, 6) is -0.499. The Hall–Kier alpha value is -2.62. The standard InChI is InChI=1S/C22H23NO3/c24-21(23-12-4-8-18-5-1-2-9-20(18)23)15-26-22(25)14-16-10-11-17-6-3-7-19(17)13-16/h1-2,5,9-11,13H,3-4,6-8,12,14-15H2. The highest BCUT2D eigenvalue weighted by atomic mass is 16.5. The van der Waals surface area contributed by atoms with E-state index >= 15 is 0 Å². The van der Waals surface area contributed by atoms with Crippen LogP contribution in [-0.2, 0) is 40.0 Å². The molecule has 0 fully saturated rings. The summed E-state index contributed by atoms with van der Waals surface area (Å²) in [6.45, 7) is 0.482. The Balaban J connectivity index is 1.34. The van der Waals surface area contributed by atoms with Crippen LogP contribution in [0, 0.1) is 0 Å². The number of hydrogen-bond acceptors (Lipinski definition) is 3. The number of carbonyl (C=O) groups is 2. The highest BCUT2D eigenvalue weighted by molar-refractivity contribution is 5.96. The molecule has 2 aliphatic rings. The minimum absolute atomic E-state index is 0.153. The molecule has 1 aliphatic carbocycles. The third kappa shape index (κ3) is 3.50. The first-order chi connectivity index (χ1) is 12.7. The van der Waals surface area contributed by atoms with E-state index in [0.29, 0.717) is 6.54 Å². The first-order valence-electron chi connectivity index (χ1n) is 9.35. The minimum Gasteiger partial charge on any atom is -0.455 e. The molecule has 2 aromatic rings. The number of fused-ring (bicyclic) bond motifs is 2. The van der Waals surface area contributed by atoms with Crippen LogP contribution in [0.25, 0.3) is 0 Å². The van der Waals surface area contributed by atoms with Crippen LogP contribution in [0.1, 0.15) is 35.1 Å². The Morgan fingerprint density at radius 1 is 0.923 bits per heavy atom. The molecule has 2 aromatic carbocycles. The van der Waals surface area contributed by atoms with E-state index < -0.39 is 0 Å². The molecular formula is C22H23NO3. The molecule has 0 radical (unpaired) electrons. The molecule has 4 rings (SSSR count). The van der Waals surface area contributed by atoms with Crippen molar-refractivity contribution in [2.75, 3.05) is 18.1 Å². The van der Waals surface area contributed by atoms with Crippen molar-refractivity contribution in [3.8, 4) is 0 Å². The largest absolute Gasteiger partial charge is 0.455 e. The van der Waals surface area contributed by atoms with Gasteiger partial charge in [-0.2, -0.15) is 0 Å². The van der Waals surface area contributed by atoms with Crippen molar-refractivity contribution in [1.82, 2.24) is 0 Å². The molecule has 134 valence electrons. The van der Waals surface area contributed by atoms with Gasteiger partial charge in [-0.05, 0) is 60.4 Å². The van der Waals surface area contributed by atoms with Crippen LogP contribution >= 0.6 is 0 Å². The molecule has 4 heteroatoms. The van der Waals surface area contributed by atoms with Gasteiger partial charge in [0.2, 0.25) is 0 Å². The molecule has 26 heavy (non-hydrogen) atoms. The Morgan fingerprint density at radius 3 is 2.65 bits per heavy atom. The molecule has 0 bridgehead atoms. The summed E-state index contributed by atoms with van der Waals surface area (Å²) >= 11 is 0. The monoisotopic (exact) mass is 349 g/mol. The van der Waals surface area contributed by atoms with Crippen molar-refractivity contribution < 1.29 is 14.3 Å². The van der Waals surface area contributed by atoms with Gasteiger partial charge in [0.1, 0.15) is 0 Å². The molecule has 0 unspecified atom stereocenters. The predicted octanol–water partition coefficient (Wildman–Crippen LogP) is 3.24. The van der Waals surface area contributed by atoms with Gasteiger partial charge in [-0.3, -0.25) is 9.59 Å². The lowest BCUT2D eigenvalue weighted by molar-refractivity contribution is -0.147. The summed E-state index contributed by atoms with van der Waals surface area (Å²) in [5, 5.41) is 0. The Labute approximate surface area is 153 Å². The fourth-order valence-electron chi connectivity index (χ4n) is 3.97. The van der Waals surface area contributed by atoms with Crippen LogP contribution in [0.15, 0.2) is 42.5 Å². The number of nitrogens with zero attached hydrogens (tertiary/aromatic N) is 1. The van der Waals surface area contributed by atoms with Crippen molar-refractivity contribution >= 4 is 17.6 Å². The van der Waals surface area contributed by atoms with Gasteiger partial charge in [-0.1, -0.05) is 36.4 Å². The van der Waals surface area contributed by atoms with Crippen LogP contribution in [0.4, 0.5) is 5.69 Å². The highest BCUT2D eigenvalue weighted by Gasteiger charge is 2.23. The maximum absolute atomic E-state index is 12.5. The van der Waals surface area contributed by atoms with E-state index in [1.54, 1.807) is 4.90 Å². The van der Waals surface area contributed by atoms with Crippen molar-refractivity contribution in [3.05, 3.63) is 64.7 Å². The number of esters is 1. The molecule has 0 spiro atoms. The molecule has 1 heterocycles. The number of hydrogen-bond donors (Lipinski definition) is 0. The quantitative estimate of drug-likeness (QED) is 0.796. The Bertz CT molecular complexity index is 843. The molecule has 0 aromatic heterocycles. The second kappa shape index (κ2) is 7.32. The SMILES string of the molecule is O=C(Cc1ccc2c(c1)CCC2)OCC(=O)N1CCCc2ccccc21. The van der Waals surface area contributed by atoms with Crippen molar-refractivity contribution in [3.63, 3.8) is 0 Å². The molecule has 1 aliphatic heterocycles. The van der Waals surface area contributed by atoms with E-state index in [9.17, 15) is 9.59 Å². The highest BCUT2D eigenvalue weighted by Crippen LogP contribution is 2.27. The third-order valence-electron chi connectivity index (χ3n) is 5.28. The summed E-state index contributed by atoms with van der Waals surface area (Å²) < 4.78 is 5.27. The number of ether oxygens (including phenoxy) is 1. The lowest BCUT2D eigenvalue weighted by Crippen LogP contribution is -2.38. The molecule has 0 N–H and O–H groups in total. The fraction of sp³-hybridized carbons (Fsp3) is 0.364. The van der Waals surface area contributed by atoms with E-state index in [1.165, 1.54) is 23.1 Å². The van der Waals surface area contributed by atoms with Gasteiger partial charge in [-0.15, -0.1) is 0 Å². The maximum Gasteiger partial charge on any atom is 0.310 e. The number of rotatable bonds is 4. The van der Waals surface area contributed by atoms with Gasteiger partial charge in [0.15, 0.2) is 6.61 Å². The summed E-state index contributed by atoms with van der Waals surface area (Å²) in [5.41, 5.74) is 5.82. The number of aryl methyl sites for hydroxylation is 3. The van der Waals surface area contributed by atoms with Crippen LogP contribution in [-0.4, -0.2) is 25.0 Å². The lowest BCUT2D eigenvalue weighted by atomic mass is 10.0. The maximum atomic E-state index is 12.5. The zero-order valence-corrected chi connectivity index (χ0v) is 14.9. The Kier molecular flexibility index (Phi) is 4.74. The molecular weight excluding hydrogens is 326 g/mol. The summed E-state index contributed by atoms with van der Waals surface area (Å²) in [7, 11) is 0. The van der Waals surface area contributed by atoms with Crippen LogP contribution in [0.3, 0.4) is 0 Å². The second-order valence-electron chi connectivity index (χ2n) is 7.07. The third-order valence-corrected chi connectivity index (χ3v) is 5.28. The second-order valence-corrected chi connectivity index (χ2v) is 7.07. The van der Waals surface area contributed by atoms with Gasteiger partial charge in [0.25, 0.3) is 5.91 Å². The van der Waals surface area contributed by atoms with Gasteiger partial charge in [0, 0.05) is 12.2 Å². The van der Waals surface area contributed by atoms with Crippen LogP contribution in [0.5, 0.6) is 0 Å². The summed E-state index contributed by atoms with van der Waals surface area (Å²) in [4.78, 5) is 26.4. The normalized spacial score (nSPS) is 15.3. The number of anilines is 1. The van der Waals surface area contributed by atoms with Crippen molar-refractivity contribution in [1.29, 1.82) is 0 Å². The lowest BCUT2D eigenvalue weighted by Gasteiger charge is -2.29. The zero-order valence-electron chi connectivity index (χ0n) is 14.9. The summed E-state index contributed by atoms with van der Waals surface area (Å²) in [6.07, 6.45) is 5.55. The van der Waals surface area contributed by atoms with E-state index in [0.717, 1.165) is 36.9 Å². The number of para-hydroxylation sites is 1. The predicted molar refractivity (Wildman–Crippen MR) is 100 cm³/mol. The first kappa shape index (κ1) is 16.8. The molecule has 4 nitrogen and oxygen atoms in total.